The monoisotopic (exact) mass is 441 g/mol. The second-order valence-electron chi connectivity index (χ2n) is 7.60. The maximum Gasteiger partial charge on any atom is 0.251 e. The summed E-state index contributed by atoms with van der Waals surface area (Å²) in [7, 11) is 0. The van der Waals surface area contributed by atoms with Crippen LogP contribution >= 0.6 is 0 Å². The van der Waals surface area contributed by atoms with Crippen LogP contribution in [0, 0.1) is 5.92 Å². The van der Waals surface area contributed by atoms with E-state index >= 15 is 0 Å². The minimum atomic E-state index is -0.684. The summed E-state index contributed by atoms with van der Waals surface area (Å²) >= 11 is 0. The molecule has 0 fully saturated rings. The average Bonchev–Trinajstić information content (AvgIpc) is 2.77. The third kappa shape index (κ3) is 7.61. The van der Waals surface area contributed by atoms with Crippen molar-refractivity contribution in [3.8, 4) is 11.5 Å². The van der Waals surface area contributed by atoms with Crippen LogP contribution in [0.2, 0.25) is 0 Å². The summed E-state index contributed by atoms with van der Waals surface area (Å²) in [5.41, 5.74) is 0.812. The molecule has 2 aromatic rings. The Kier molecular flexibility index (Phi) is 9.53. The molecule has 3 amide bonds. The Morgan fingerprint density at radius 2 is 1.62 bits per heavy atom. The van der Waals surface area contributed by atoms with Gasteiger partial charge in [0.2, 0.25) is 5.91 Å². The molecular weight excluding hydrogens is 410 g/mol. The van der Waals surface area contributed by atoms with Crippen LogP contribution in [0.25, 0.3) is 0 Å². The zero-order chi connectivity index (χ0) is 23.5. The molecule has 0 bridgehead atoms. The summed E-state index contributed by atoms with van der Waals surface area (Å²) in [4.78, 5) is 37.2. The molecule has 172 valence electrons. The number of carbonyl (C=O) groups excluding carboxylic acids is 3. The number of phenolic OH excluding ortho intramolecular Hbond substituents is 1. The van der Waals surface area contributed by atoms with Crippen molar-refractivity contribution in [1.29, 1.82) is 0 Å². The maximum absolute atomic E-state index is 12.6. The highest BCUT2D eigenvalue weighted by Crippen LogP contribution is 2.13. The Bertz CT molecular complexity index is 912. The second-order valence-corrected chi connectivity index (χ2v) is 7.60. The van der Waals surface area contributed by atoms with Crippen LogP contribution in [0.4, 0.5) is 0 Å². The number of ether oxygens (including phenoxy) is 1. The molecule has 0 saturated carbocycles. The molecule has 0 aliphatic heterocycles. The number of benzene rings is 2. The van der Waals surface area contributed by atoms with Crippen molar-refractivity contribution in [2.45, 2.75) is 33.2 Å². The van der Waals surface area contributed by atoms with Gasteiger partial charge in [-0.3, -0.25) is 14.4 Å². The quantitative estimate of drug-likeness (QED) is 0.400. The van der Waals surface area contributed by atoms with Crippen molar-refractivity contribution in [2.75, 3.05) is 19.7 Å². The Labute approximate surface area is 188 Å². The van der Waals surface area contributed by atoms with Gasteiger partial charge in [-0.1, -0.05) is 19.9 Å². The molecule has 4 N–H and O–H groups in total. The number of amides is 3. The number of nitrogens with one attached hydrogen (secondary N) is 3. The largest absolute Gasteiger partial charge is 0.508 e. The first-order chi connectivity index (χ1) is 15.3. The predicted molar refractivity (Wildman–Crippen MR) is 122 cm³/mol. The van der Waals surface area contributed by atoms with E-state index in [4.69, 9.17) is 4.74 Å². The Hall–Kier alpha value is -3.55. The fourth-order valence-electron chi connectivity index (χ4n) is 2.99. The van der Waals surface area contributed by atoms with Gasteiger partial charge >= 0.3 is 0 Å². The van der Waals surface area contributed by atoms with E-state index in [1.54, 1.807) is 36.4 Å². The SMILES string of the molecule is CCOc1ccc(C(=O)NC(C(=O)NCCCNC(=O)c2cccc(O)c2)C(C)C)cc1. The Morgan fingerprint density at radius 3 is 2.25 bits per heavy atom. The van der Waals surface area contributed by atoms with Gasteiger partial charge in [-0.05, 0) is 61.7 Å². The van der Waals surface area contributed by atoms with Crippen LogP contribution in [-0.4, -0.2) is 48.6 Å². The second kappa shape index (κ2) is 12.3. The predicted octanol–water partition coefficient (Wildman–Crippen LogP) is 2.48. The molecule has 0 radical (unpaired) electrons. The van der Waals surface area contributed by atoms with Crippen molar-refractivity contribution >= 4 is 17.7 Å². The molecule has 32 heavy (non-hydrogen) atoms. The molecule has 0 spiro atoms. The van der Waals surface area contributed by atoms with Crippen molar-refractivity contribution in [2.24, 2.45) is 5.92 Å². The van der Waals surface area contributed by atoms with Gasteiger partial charge in [0.25, 0.3) is 11.8 Å². The molecule has 0 saturated heterocycles. The number of aromatic hydroxyl groups is 1. The van der Waals surface area contributed by atoms with Gasteiger partial charge in [0, 0.05) is 24.2 Å². The van der Waals surface area contributed by atoms with E-state index in [9.17, 15) is 19.5 Å². The van der Waals surface area contributed by atoms with Crippen molar-refractivity contribution in [3.05, 3.63) is 59.7 Å². The number of hydrogen-bond acceptors (Lipinski definition) is 5. The fourth-order valence-corrected chi connectivity index (χ4v) is 2.99. The van der Waals surface area contributed by atoms with Crippen LogP contribution in [0.3, 0.4) is 0 Å². The summed E-state index contributed by atoms with van der Waals surface area (Å²) in [6.45, 7) is 6.85. The van der Waals surface area contributed by atoms with E-state index < -0.39 is 6.04 Å². The van der Waals surface area contributed by atoms with Crippen LogP contribution < -0.4 is 20.7 Å². The maximum atomic E-state index is 12.6. The molecule has 0 aliphatic rings. The highest BCUT2D eigenvalue weighted by atomic mass is 16.5. The first kappa shape index (κ1) is 24.7. The van der Waals surface area contributed by atoms with E-state index in [-0.39, 0.29) is 29.4 Å². The topological polar surface area (TPSA) is 117 Å². The number of carbonyl (C=O) groups is 3. The fraction of sp³-hybridized carbons (Fsp3) is 0.375. The minimum absolute atomic E-state index is 0.0249. The van der Waals surface area contributed by atoms with Crippen LogP contribution in [0.5, 0.6) is 11.5 Å². The molecule has 1 unspecified atom stereocenters. The van der Waals surface area contributed by atoms with Crippen molar-refractivity contribution in [3.63, 3.8) is 0 Å². The van der Waals surface area contributed by atoms with Gasteiger partial charge in [-0.25, -0.2) is 0 Å². The molecule has 1 atom stereocenters. The van der Waals surface area contributed by atoms with E-state index in [0.29, 0.717) is 43.0 Å². The van der Waals surface area contributed by atoms with Crippen molar-refractivity contribution < 1.29 is 24.2 Å². The normalized spacial score (nSPS) is 11.5. The summed E-state index contributed by atoms with van der Waals surface area (Å²) < 4.78 is 5.37. The molecule has 2 aromatic carbocycles. The standard InChI is InChI=1S/C24H31N3O5/c1-4-32-20-11-9-17(10-12-20)23(30)27-21(16(2)3)24(31)26-14-6-13-25-22(29)18-7-5-8-19(28)15-18/h5,7-12,15-16,21,28H,4,6,13-14H2,1-3H3,(H,25,29)(H,26,31)(H,27,30). The third-order valence-corrected chi connectivity index (χ3v) is 4.71. The average molecular weight is 442 g/mol. The lowest BCUT2D eigenvalue weighted by atomic mass is 10.0. The summed E-state index contributed by atoms with van der Waals surface area (Å²) in [5.74, 6) is -0.309. The third-order valence-electron chi connectivity index (χ3n) is 4.71. The number of phenols is 1. The number of hydrogen-bond donors (Lipinski definition) is 4. The van der Waals surface area contributed by atoms with E-state index in [2.05, 4.69) is 16.0 Å². The van der Waals surface area contributed by atoms with E-state index in [1.807, 2.05) is 20.8 Å². The lowest BCUT2D eigenvalue weighted by Gasteiger charge is -2.22. The minimum Gasteiger partial charge on any atom is -0.508 e. The highest BCUT2D eigenvalue weighted by molar-refractivity contribution is 5.97. The molecule has 8 heteroatoms. The molecule has 0 aliphatic carbocycles. The van der Waals surface area contributed by atoms with Gasteiger partial charge in [0.1, 0.15) is 17.5 Å². The zero-order valence-corrected chi connectivity index (χ0v) is 18.7. The Morgan fingerprint density at radius 1 is 0.938 bits per heavy atom. The van der Waals surface area contributed by atoms with Gasteiger partial charge in [0.15, 0.2) is 0 Å². The van der Waals surface area contributed by atoms with Crippen LogP contribution in [0.1, 0.15) is 47.9 Å². The lowest BCUT2D eigenvalue weighted by Crippen LogP contribution is -2.50. The van der Waals surface area contributed by atoms with Gasteiger partial charge in [-0.2, -0.15) is 0 Å². The van der Waals surface area contributed by atoms with Gasteiger partial charge in [-0.15, -0.1) is 0 Å². The van der Waals surface area contributed by atoms with Gasteiger partial charge < -0.3 is 25.8 Å². The molecular formula is C24H31N3O5. The zero-order valence-electron chi connectivity index (χ0n) is 18.7. The van der Waals surface area contributed by atoms with Gasteiger partial charge in [0.05, 0.1) is 6.61 Å². The van der Waals surface area contributed by atoms with Crippen LogP contribution in [0.15, 0.2) is 48.5 Å². The van der Waals surface area contributed by atoms with Crippen molar-refractivity contribution in [1.82, 2.24) is 16.0 Å². The molecule has 2 rings (SSSR count). The molecule has 8 nitrogen and oxygen atoms in total. The smallest absolute Gasteiger partial charge is 0.251 e. The molecule has 0 aromatic heterocycles. The molecule has 0 heterocycles. The summed E-state index contributed by atoms with van der Waals surface area (Å²) in [5, 5.41) is 17.8. The first-order valence-electron chi connectivity index (χ1n) is 10.7. The van der Waals surface area contributed by atoms with E-state index in [0.717, 1.165) is 0 Å². The highest BCUT2D eigenvalue weighted by Gasteiger charge is 2.24. The van der Waals surface area contributed by atoms with Crippen LogP contribution in [-0.2, 0) is 4.79 Å². The summed E-state index contributed by atoms with van der Waals surface area (Å²) in [6, 6.07) is 12.1. The Balaban J connectivity index is 1.78. The first-order valence-corrected chi connectivity index (χ1v) is 10.7. The summed E-state index contributed by atoms with van der Waals surface area (Å²) in [6.07, 6.45) is 0.522. The van der Waals surface area contributed by atoms with E-state index in [1.165, 1.54) is 12.1 Å². The lowest BCUT2D eigenvalue weighted by molar-refractivity contribution is -0.123. The number of rotatable bonds is 11.